The number of hydrogen-bond acceptors (Lipinski definition) is 9. The summed E-state index contributed by atoms with van der Waals surface area (Å²) < 4.78 is 35.7. The summed E-state index contributed by atoms with van der Waals surface area (Å²) in [7, 11) is 1.58. The van der Waals surface area contributed by atoms with E-state index in [0.717, 1.165) is 56.1 Å². The topological polar surface area (TPSA) is 121 Å². The number of fused-ring (bicyclic) bond motifs is 4. The minimum absolute atomic E-state index is 0.263. The molecular weight excluding hydrogens is 638 g/mol. The minimum Gasteiger partial charge on any atom is -0.496 e. The Bertz CT molecular complexity index is 2550. The second-order valence-electron chi connectivity index (χ2n) is 11.5. The summed E-state index contributed by atoms with van der Waals surface area (Å²) in [6, 6.07) is 14.5. The van der Waals surface area contributed by atoms with Crippen LogP contribution in [-0.2, 0) is 0 Å². The first-order valence-corrected chi connectivity index (χ1v) is 15.6. The Kier molecular flexibility index (Phi) is 8.46. The van der Waals surface area contributed by atoms with Crippen molar-refractivity contribution in [2.75, 3.05) is 7.11 Å². The smallest absolute Gasteiger partial charge is 0.177 e. The molecule has 0 fully saturated rings. The van der Waals surface area contributed by atoms with E-state index in [9.17, 15) is 8.78 Å². The lowest BCUT2D eigenvalue weighted by atomic mass is 10.1. The standard InChI is InChI=1S/C19H16FN5O.C18H14FN5/c1-11-10-21-12(2)19-23-18(24-25(11)19)7-5-14-9-17(26-3)15-6-4-13(20)8-16(15)22-14;1-11-10-20-12(2)18-22-17(23-24(11)18)8-6-15-5-3-13-9-14(19)4-7-16(13)21-15/h4-10H,1-3H3;3-10H,1-2H3. The van der Waals surface area contributed by atoms with E-state index in [1.54, 1.807) is 58.9 Å². The summed E-state index contributed by atoms with van der Waals surface area (Å²) in [4.78, 5) is 26.5. The van der Waals surface area contributed by atoms with Gasteiger partial charge in [-0.1, -0.05) is 6.07 Å². The van der Waals surface area contributed by atoms with Crippen LogP contribution in [0.1, 0.15) is 45.8 Å². The van der Waals surface area contributed by atoms with Crippen molar-refractivity contribution < 1.29 is 13.5 Å². The van der Waals surface area contributed by atoms with Crippen LogP contribution in [0.4, 0.5) is 8.78 Å². The lowest BCUT2D eigenvalue weighted by molar-refractivity contribution is 0.419. The molecule has 0 bridgehead atoms. The largest absolute Gasteiger partial charge is 0.496 e. The van der Waals surface area contributed by atoms with Gasteiger partial charge in [-0.2, -0.15) is 0 Å². The highest BCUT2D eigenvalue weighted by Crippen LogP contribution is 2.26. The molecule has 0 aliphatic carbocycles. The normalized spacial score (nSPS) is 11.7. The number of pyridine rings is 2. The number of aromatic nitrogens is 10. The number of ether oxygens (including phenoxy) is 1. The van der Waals surface area contributed by atoms with Crippen LogP contribution in [0.3, 0.4) is 0 Å². The molecule has 13 heteroatoms. The molecule has 0 amide bonds. The fourth-order valence-corrected chi connectivity index (χ4v) is 5.33. The zero-order valence-electron chi connectivity index (χ0n) is 27.8. The van der Waals surface area contributed by atoms with Crippen LogP contribution in [-0.4, -0.2) is 56.2 Å². The molecule has 11 nitrogen and oxygen atoms in total. The first-order chi connectivity index (χ1) is 24.1. The number of hydrogen-bond donors (Lipinski definition) is 0. The molecule has 0 radical (unpaired) electrons. The van der Waals surface area contributed by atoms with Crippen molar-refractivity contribution in [3.05, 3.63) is 124 Å². The van der Waals surface area contributed by atoms with E-state index in [4.69, 9.17) is 4.74 Å². The van der Waals surface area contributed by atoms with Gasteiger partial charge in [-0.3, -0.25) is 9.97 Å². The zero-order chi connectivity index (χ0) is 34.9. The molecular formula is C37H30F2N10O. The quantitative estimate of drug-likeness (QED) is 0.187. The fourth-order valence-electron chi connectivity index (χ4n) is 5.33. The molecule has 0 atom stereocenters. The van der Waals surface area contributed by atoms with E-state index in [1.807, 2.05) is 52.0 Å². The van der Waals surface area contributed by atoms with E-state index in [1.165, 1.54) is 24.3 Å². The zero-order valence-corrected chi connectivity index (χ0v) is 27.8. The maximum absolute atomic E-state index is 13.5. The number of methoxy groups -OCH3 is 1. The summed E-state index contributed by atoms with van der Waals surface area (Å²) in [5.74, 6) is 1.17. The van der Waals surface area contributed by atoms with Gasteiger partial charge in [0.1, 0.15) is 17.4 Å². The van der Waals surface area contributed by atoms with Gasteiger partial charge in [0, 0.05) is 35.3 Å². The van der Waals surface area contributed by atoms with E-state index in [0.29, 0.717) is 28.6 Å². The molecule has 0 saturated heterocycles. The van der Waals surface area contributed by atoms with Crippen LogP contribution >= 0.6 is 0 Å². The van der Waals surface area contributed by atoms with Crippen LogP contribution in [0.2, 0.25) is 0 Å². The number of rotatable bonds is 5. The van der Waals surface area contributed by atoms with Gasteiger partial charge in [-0.15, -0.1) is 10.2 Å². The maximum Gasteiger partial charge on any atom is 0.177 e. The number of halogens is 2. The molecule has 6 aromatic heterocycles. The Morgan fingerprint density at radius 3 is 1.80 bits per heavy atom. The second kappa shape index (κ2) is 13.2. The monoisotopic (exact) mass is 668 g/mol. The number of aryl methyl sites for hydroxylation is 4. The van der Waals surface area contributed by atoms with Crippen LogP contribution < -0.4 is 4.74 Å². The van der Waals surface area contributed by atoms with Crippen LogP contribution in [0, 0.1) is 39.3 Å². The predicted molar refractivity (Wildman–Crippen MR) is 188 cm³/mol. The Morgan fingerprint density at radius 2 is 1.18 bits per heavy atom. The maximum atomic E-state index is 13.5. The third-order valence-electron chi connectivity index (χ3n) is 7.91. The van der Waals surface area contributed by atoms with Gasteiger partial charge in [-0.25, -0.2) is 37.7 Å². The van der Waals surface area contributed by atoms with Crippen molar-refractivity contribution in [3.63, 3.8) is 0 Å². The van der Waals surface area contributed by atoms with Crippen molar-refractivity contribution in [1.82, 2.24) is 49.1 Å². The lowest BCUT2D eigenvalue weighted by Gasteiger charge is -2.06. The molecule has 0 saturated carbocycles. The van der Waals surface area contributed by atoms with Crippen molar-refractivity contribution in [2.45, 2.75) is 27.7 Å². The molecule has 8 aromatic rings. The van der Waals surface area contributed by atoms with Gasteiger partial charge in [0.15, 0.2) is 22.9 Å². The molecule has 0 unspecified atom stereocenters. The first-order valence-electron chi connectivity index (χ1n) is 15.6. The molecule has 2 aromatic carbocycles. The molecule has 8 rings (SSSR count). The van der Waals surface area contributed by atoms with Crippen molar-refractivity contribution in [1.29, 1.82) is 0 Å². The SMILES string of the molecule is COc1cc(C=Cc2nc3c(C)ncc(C)n3n2)nc2cc(F)ccc12.Cc1ncc(C)n2nc(C=Cc3ccc4cc(F)ccc4n3)nc12. The van der Waals surface area contributed by atoms with Crippen molar-refractivity contribution >= 4 is 57.4 Å². The summed E-state index contributed by atoms with van der Waals surface area (Å²) in [5, 5.41) is 10.5. The molecule has 0 aliphatic heterocycles. The average molecular weight is 669 g/mol. The summed E-state index contributed by atoms with van der Waals surface area (Å²) in [6.07, 6.45) is 10.7. The first kappa shape index (κ1) is 32.1. The lowest BCUT2D eigenvalue weighted by Crippen LogP contribution is -1.97. The molecule has 248 valence electrons. The van der Waals surface area contributed by atoms with E-state index >= 15 is 0 Å². The van der Waals surface area contributed by atoms with Gasteiger partial charge in [0.25, 0.3) is 0 Å². The third-order valence-corrected chi connectivity index (χ3v) is 7.91. The van der Waals surface area contributed by atoms with Gasteiger partial charge in [0.2, 0.25) is 0 Å². The summed E-state index contributed by atoms with van der Waals surface area (Å²) >= 11 is 0. The average Bonchev–Trinajstić information content (AvgIpc) is 3.76. The summed E-state index contributed by atoms with van der Waals surface area (Å²) in [6.45, 7) is 7.65. The van der Waals surface area contributed by atoms with Gasteiger partial charge in [0.05, 0.1) is 52.3 Å². The van der Waals surface area contributed by atoms with Gasteiger partial charge in [-0.05, 0) is 88.4 Å². The van der Waals surface area contributed by atoms with E-state index in [2.05, 4.69) is 40.1 Å². The van der Waals surface area contributed by atoms with Gasteiger partial charge < -0.3 is 4.74 Å². The molecule has 0 N–H and O–H groups in total. The van der Waals surface area contributed by atoms with E-state index in [-0.39, 0.29) is 11.6 Å². The van der Waals surface area contributed by atoms with Gasteiger partial charge >= 0.3 is 0 Å². The number of benzene rings is 2. The summed E-state index contributed by atoms with van der Waals surface area (Å²) in [5.41, 5.74) is 7.60. The minimum atomic E-state index is -0.339. The van der Waals surface area contributed by atoms with Crippen molar-refractivity contribution in [2.24, 2.45) is 0 Å². The Morgan fingerprint density at radius 1 is 0.600 bits per heavy atom. The highest BCUT2D eigenvalue weighted by atomic mass is 19.1. The Labute approximate surface area is 284 Å². The molecule has 6 heterocycles. The predicted octanol–water partition coefficient (Wildman–Crippen LogP) is 7.21. The highest BCUT2D eigenvalue weighted by molar-refractivity contribution is 5.87. The van der Waals surface area contributed by atoms with Crippen LogP contribution in [0.15, 0.2) is 67.0 Å². The van der Waals surface area contributed by atoms with Crippen LogP contribution in [0.25, 0.3) is 57.4 Å². The number of nitrogens with zero attached hydrogens (tertiary/aromatic N) is 10. The second-order valence-corrected chi connectivity index (χ2v) is 11.5. The molecule has 50 heavy (non-hydrogen) atoms. The van der Waals surface area contributed by atoms with E-state index < -0.39 is 0 Å². The highest BCUT2D eigenvalue weighted by Gasteiger charge is 2.10. The van der Waals surface area contributed by atoms with Crippen molar-refractivity contribution in [3.8, 4) is 5.75 Å². The molecule has 0 spiro atoms. The third kappa shape index (κ3) is 6.48. The van der Waals surface area contributed by atoms with Crippen LogP contribution in [0.5, 0.6) is 5.75 Å². The Hall–Kier alpha value is -6.50. The Balaban J connectivity index is 0.000000157. The molecule has 0 aliphatic rings. The fraction of sp³-hybridized carbons (Fsp3) is 0.135.